The Morgan fingerprint density at radius 1 is 0.938 bits per heavy atom. The van der Waals surface area contributed by atoms with Crippen molar-refractivity contribution in [2.45, 2.75) is 45.4 Å². The lowest BCUT2D eigenvalue weighted by Crippen LogP contribution is -2.42. The second-order valence-electron chi connectivity index (χ2n) is 9.17. The van der Waals surface area contributed by atoms with Crippen molar-refractivity contribution in [3.8, 4) is 11.5 Å². The second kappa shape index (κ2) is 11.1. The Kier molecular flexibility index (Phi) is 8.78. The number of nitrogens with zero attached hydrogens (tertiary/aromatic N) is 1. The molecule has 0 aliphatic rings. The minimum Gasteiger partial charge on any atom is -0.532 e. The molecule has 0 unspecified atom stereocenters. The van der Waals surface area contributed by atoms with Crippen LogP contribution in [0.2, 0.25) is 18.1 Å². The largest absolute Gasteiger partial charge is 0.532 e. The van der Waals surface area contributed by atoms with Gasteiger partial charge in [-0.1, -0.05) is 57.7 Å². The number of allylic oxidation sites excluding steroid dienone is 2. The molecule has 0 spiro atoms. The van der Waals surface area contributed by atoms with E-state index in [1.54, 1.807) is 20.3 Å². The Bertz CT molecular complexity index is 923. The third-order valence-corrected chi connectivity index (χ3v) is 10.1. The molecule has 0 aromatic heterocycles. The van der Waals surface area contributed by atoms with E-state index in [2.05, 4.69) is 63.6 Å². The Morgan fingerprint density at radius 3 is 1.94 bits per heavy atom. The number of methoxy groups -OCH3 is 2. The van der Waals surface area contributed by atoms with E-state index in [0.29, 0.717) is 6.54 Å². The molecule has 0 aliphatic carbocycles. The zero-order valence-electron chi connectivity index (χ0n) is 20.5. The first kappa shape index (κ1) is 25.3. The lowest BCUT2D eigenvalue weighted by molar-refractivity contribution is 0.253. The number of hydrogen-bond acceptors (Lipinski definition) is 4. The summed E-state index contributed by atoms with van der Waals surface area (Å²) in [6, 6.07) is 16.1. The molecule has 0 bridgehead atoms. The Labute approximate surface area is 194 Å². The van der Waals surface area contributed by atoms with E-state index >= 15 is 0 Å². The van der Waals surface area contributed by atoms with Crippen LogP contribution in [-0.2, 0) is 11.0 Å². The fraction of sp³-hybridized carbons (Fsp3) is 0.333. The summed E-state index contributed by atoms with van der Waals surface area (Å²) >= 11 is 0. The van der Waals surface area contributed by atoms with E-state index in [9.17, 15) is 0 Å². The van der Waals surface area contributed by atoms with Crippen LogP contribution in [0.5, 0.6) is 11.5 Å². The third kappa shape index (κ3) is 7.06. The Balaban J connectivity index is 2.49. The second-order valence-corrected chi connectivity index (χ2v) is 13.9. The standard InChI is InChI=1S/C27H37NO3Si/c1-9-10-19-28(21-23-13-17-25(30-6)18-14-23)26(31-32(7,8)27(2,3)4)20-22-11-15-24(29-5)16-12-22/h9-20H,1,21H2,2-8H3/b19-10+,26-20-. The quantitative estimate of drug-likeness (QED) is 0.217. The summed E-state index contributed by atoms with van der Waals surface area (Å²) in [4.78, 5) is 2.13. The molecule has 0 heterocycles. The van der Waals surface area contributed by atoms with Crippen LogP contribution >= 0.6 is 0 Å². The summed E-state index contributed by atoms with van der Waals surface area (Å²) in [7, 11) is 1.26. The minimum absolute atomic E-state index is 0.0694. The summed E-state index contributed by atoms with van der Waals surface area (Å²) in [5.41, 5.74) is 2.20. The van der Waals surface area contributed by atoms with Crippen molar-refractivity contribution < 1.29 is 13.9 Å². The van der Waals surface area contributed by atoms with Crippen molar-refractivity contribution in [3.05, 3.63) is 90.5 Å². The van der Waals surface area contributed by atoms with Gasteiger partial charge >= 0.3 is 0 Å². The molecular formula is C27H37NO3Si. The first-order valence-electron chi connectivity index (χ1n) is 10.8. The van der Waals surface area contributed by atoms with E-state index in [0.717, 1.165) is 28.5 Å². The van der Waals surface area contributed by atoms with Crippen LogP contribution < -0.4 is 9.47 Å². The van der Waals surface area contributed by atoms with Crippen LogP contribution in [0.3, 0.4) is 0 Å². The zero-order chi connectivity index (χ0) is 23.8. The molecule has 0 N–H and O–H groups in total. The summed E-state index contributed by atoms with van der Waals surface area (Å²) < 4.78 is 17.4. The summed E-state index contributed by atoms with van der Waals surface area (Å²) in [5.74, 6) is 2.49. The molecule has 0 atom stereocenters. The van der Waals surface area contributed by atoms with Crippen LogP contribution in [0.4, 0.5) is 0 Å². The van der Waals surface area contributed by atoms with Gasteiger partial charge in [-0.15, -0.1) is 0 Å². The number of hydrogen-bond donors (Lipinski definition) is 0. The van der Waals surface area contributed by atoms with E-state index in [4.69, 9.17) is 13.9 Å². The highest BCUT2D eigenvalue weighted by Crippen LogP contribution is 2.39. The fourth-order valence-corrected chi connectivity index (χ4v) is 3.73. The highest BCUT2D eigenvalue weighted by molar-refractivity contribution is 6.74. The normalized spacial score (nSPS) is 12.5. The fourth-order valence-electron chi connectivity index (χ4n) is 2.72. The van der Waals surface area contributed by atoms with Gasteiger partial charge < -0.3 is 18.8 Å². The van der Waals surface area contributed by atoms with E-state index in [1.807, 2.05) is 48.7 Å². The lowest BCUT2D eigenvalue weighted by atomic mass is 10.2. The average molecular weight is 452 g/mol. The van der Waals surface area contributed by atoms with Crippen molar-refractivity contribution >= 4 is 14.4 Å². The van der Waals surface area contributed by atoms with Gasteiger partial charge in [-0.2, -0.15) is 0 Å². The smallest absolute Gasteiger partial charge is 0.252 e. The summed E-state index contributed by atoms with van der Waals surface area (Å²) in [6.45, 7) is 15.8. The zero-order valence-corrected chi connectivity index (χ0v) is 21.5. The van der Waals surface area contributed by atoms with Crippen LogP contribution in [0.1, 0.15) is 31.9 Å². The number of rotatable bonds is 10. The lowest BCUT2D eigenvalue weighted by Gasteiger charge is -2.39. The highest BCUT2D eigenvalue weighted by atomic mass is 28.4. The van der Waals surface area contributed by atoms with Gasteiger partial charge in [0.05, 0.1) is 20.8 Å². The highest BCUT2D eigenvalue weighted by Gasteiger charge is 2.40. The minimum atomic E-state index is -2.09. The van der Waals surface area contributed by atoms with Gasteiger partial charge in [0.25, 0.3) is 8.32 Å². The first-order chi connectivity index (χ1) is 15.1. The van der Waals surface area contributed by atoms with Crippen LogP contribution in [0.25, 0.3) is 6.08 Å². The molecule has 0 fully saturated rings. The summed E-state index contributed by atoms with van der Waals surface area (Å²) in [5, 5.41) is 0.0694. The van der Waals surface area contributed by atoms with Crippen molar-refractivity contribution in [3.63, 3.8) is 0 Å². The van der Waals surface area contributed by atoms with Crippen molar-refractivity contribution in [1.29, 1.82) is 0 Å². The maximum Gasteiger partial charge on any atom is 0.252 e. The molecule has 32 heavy (non-hydrogen) atoms. The van der Waals surface area contributed by atoms with E-state index in [1.165, 1.54) is 0 Å². The SMILES string of the molecule is C=C/C=C/N(Cc1ccc(OC)cc1)/C(=C/c1ccc(OC)cc1)O[Si](C)(C)C(C)(C)C. The van der Waals surface area contributed by atoms with Crippen molar-refractivity contribution in [2.75, 3.05) is 14.2 Å². The molecule has 0 saturated heterocycles. The molecule has 0 aliphatic heterocycles. The van der Waals surface area contributed by atoms with Crippen LogP contribution in [-0.4, -0.2) is 27.4 Å². The third-order valence-electron chi connectivity index (χ3n) is 5.77. The maximum absolute atomic E-state index is 6.82. The molecule has 2 aromatic carbocycles. The molecule has 0 saturated carbocycles. The van der Waals surface area contributed by atoms with Gasteiger partial charge in [-0.05, 0) is 59.6 Å². The molecule has 0 amide bonds. The van der Waals surface area contributed by atoms with Gasteiger partial charge in [-0.3, -0.25) is 0 Å². The monoisotopic (exact) mass is 451 g/mol. The van der Waals surface area contributed by atoms with Gasteiger partial charge in [0, 0.05) is 12.3 Å². The first-order valence-corrected chi connectivity index (χ1v) is 13.7. The molecule has 2 rings (SSSR count). The number of ether oxygens (including phenoxy) is 2. The van der Waals surface area contributed by atoms with E-state index < -0.39 is 8.32 Å². The van der Waals surface area contributed by atoms with Gasteiger partial charge in [0.15, 0.2) is 5.88 Å². The topological polar surface area (TPSA) is 30.9 Å². The Hall–Kier alpha value is -2.92. The van der Waals surface area contributed by atoms with Crippen LogP contribution in [0.15, 0.2) is 79.3 Å². The predicted octanol–water partition coefficient (Wildman–Crippen LogP) is 7.23. The summed E-state index contributed by atoms with van der Waals surface area (Å²) in [6.07, 6.45) is 7.81. The van der Waals surface area contributed by atoms with Crippen LogP contribution in [0, 0.1) is 0 Å². The van der Waals surface area contributed by atoms with Gasteiger partial charge in [0.1, 0.15) is 11.5 Å². The van der Waals surface area contributed by atoms with Crippen molar-refractivity contribution in [2.24, 2.45) is 0 Å². The molecule has 0 radical (unpaired) electrons. The average Bonchev–Trinajstić information content (AvgIpc) is 2.76. The van der Waals surface area contributed by atoms with Gasteiger partial charge in [-0.25, -0.2) is 0 Å². The molecule has 5 heteroatoms. The Morgan fingerprint density at radius 2 is 1.47 bits per heavy atom. The van der Waals surface area contributed by atoms with Gasteiger partial charge in [0.2, 0.25) is 0 Å². The van der Waals surface area contributed by atoms with Crippen molar-refractivity contribution in [1.82, 2.24) is 4.90 Å². The molecular weight excluding hydrogens is 414 g/mol. The number of benzene rings is 2. The molecule has 172 valence electrons. The maximum atomic E-state index is 6.82. The predicted molar refractivity (Wildman–Crippen MR) is 137 cm³/mol. The molecule has 2 aromatic rings. The molecule has 4 nitrogen and oxygen atoms in total. The van der Waals surface area contributed by atoms with E-state index in [-0.39, 0.29) is 5.04 Å².